The Bertz CT molecular complexity index is 684. The molecule has 1 aromatic rings. The fourth-order valence-corrected chi connectivity index (χ4v) is 3.04. The third kappa shape index (κ3) is 5.18. The highest BCUT2D eigenvalue weighted by Gasteiger charge is 2.28. The Balaban J connectivity index is 3.16. The number of nitrogens with zero attached hydrogens (tertiary/aromatic N) is 2. The van der Waals surface area contributed by atoms with Crippen molar-refractivity contribution in [2.45, 2.75) is 31.7 Å². The molecule has 0 radical (unpaired) electrons. The summed E-state index contributed by atoms with van der Waals surface area (Å²) >= 11 is 0. The number of sulfone groups is 1. The molecule has 1 N–H and O–H groups in total. The van der Waals surface area contributed by atoms with Crippen LogP contribution in [0.1, 0.15) is 20.8 Å². The largest absolute Gasteiger partial charge is 0.376 e. The lowest BCUT2D eigenvalue weighted by molar-refractivity contribution is -0.384. The van der Waals surface area contributed by atoms with E-state index in [-0.39, 0.29) is 22.0 Å². The molecule has 23 heavy (non-hydrogen) atoms. The summed E-state index contributed by atoms with van der Waals surface area (Å²) in [5.41, 5.74) is -0.0467. The van der Waals surface area contributed by atoms with Gasteiger partial charge in [0, 0.05) is 24.9 Å². The zero-order valence-electron chi connectivity index (χ0n) is 14.5. The molecule has 1 aromatic carbocycles. The Morgan fingerprint density at radius 1 is 1.35 bits per heavy atom. The summed E-state index contributed by atoms with van der Waals surface area (Å²) in [6, 6.07) is 3.89. The van der Waals surface area contributed by atoms with E-state index in [1.807, 2.05) is 21.0 Å². The van der Waals surface area contributed by atoms with Crippen LogP contribution in [0.25, 0.3) is 0 Å². The summed E-state index contributed by atoms with van der Waals surface area (Å²) in [6.45, 7) is 6.90. The molecule has 0 saturated carbocycles. The molecule has 8 heteroatoms. The molecule has 0 bridgehead atoms. The van der Waals surface area contributed by atoms with Gasteiger partial charge < -0.3 is 10.2 Å². The van der Waals surface area contributed by atoms with Crippen LogP contribution >= 0.6 is 0 Å². The second-order valence-electron chi connectivity index (χ2n) is 6.80. The zero-order chi connectivity index (χ0) is 18.0. The summed E-state index contributed by atoms with van der Waals surface area (Å²) in [6.07, 6.45) is 1.03. The molecule has 7 nitrogen and oxygen atoms in total. The maximum absolute atomic E-state index is 11.6. The second-order valence-corrected chi connectivity index (χ2v) is 8.82. The summed E-state index contributed by atoms with van der Waals surface area (Å²) < 4.78 is 23.1. The van der Waals surface area contributed by atoms with Crippen molar-refractivity contribution in [3.8, 4) is 0 Å². The zero-order valence-corrected chi connectivity index (χ0v) is 15.3. The van der Waals surface area contributed by atoms with Crippen LogP contribution in [-0.2, 0) is 9.84 Å². The predicted octanol–water partition coefficient (Wildman–Crippen LogP) is 2.39. The topological polar surface area (TPSA) is 92.5 Å². The van der Waals surface area contributed by atoms with E-state index < -0.39 is 14.8 Å². The van der Waals surface area contributed by atoms with Gasteiger partial charge in [0.05, 0.1) is 9.82 Å². The molecule has 0 aliphatic rings. The number of nitro groups is 1. The van der Waals surface area contributed by atoms with Crippen molar-refractivity contribution in [1.29, 1.82) is 0 Å². The standard InChI is InChI=1S/C15H25N3O4S/c1-11(15(2,3)10-17(4)5)16-13-8-7-12(23(6,21)22)9-14(13)18(19)20/h7-9,11,16H,10H2,1-6H3/t11-/m0/s1. The second kappa shape index (κ2) is 6.84. The number of nitro benzene ring substituents is 1. The minimum Gasteiger partial charge on any atom is -0.376 e. The lowest BCUT2D eigenvalue weighted by Crippen LogP contribution is -2.41. The molecule has 1 atom stereocenters. The molecular formula is C15H25N3O4S. The predicted molar refractivity (Wildman–Crippen MR) is 91.6 cm³/mol. The third-order valence-electron chi connectivity index (χ3n) is 3.86. The first-order chi connectivity index (χ1) is 10.3. The van der Waals surface area contributed by atoms with E-state index in [1.54, 1.807) is 0 Å². The molecule has 130 valence electrons. The van der Waals surface area contributed by atoms with Gasteiger partial charge in [-0.2, -0.15) is 0 Å². The fourth-order valence-electron chi connectivity index (χ4n) is 2.40. The third-order valence-corrected chi connectivity index (χ3v) is 4.97. The molecule has 0 spiro atoms. The molecule has 1 rings (SSSR count). The number of rotatable bonds is 7. The van der Waals surface area contributed by atoms with E-state index in [1.165, 1.54) is 12.1 Å². The number of nitrogens with one attached hydrogen (secondary N) is 1. The van der Waals surface area contributed by atoms with Crippen molar-refractivity contribution >= 4 is 21.2 Å². The minimum absolute atomic E-state index is 0.0484. The lowest BCUT2D eigenvalue weighted by Gasteiger charge is -2.35. The van der Waals surface area contributed by atoms with Crippen LogP contribution in [0, 0.1) is 15.5 Å². The quantitative estimate of drug-likeness (QED) is 0.603. The molecule has 0 amide bonds. The Morgan fingerprint density at radius 2 is 1.91 bits per heavy atom. The first-order valence-corrected chi connectivity index (χ1v) is 9.13. The van der Waals surface area contributed by atoms with Gasteiger partial charge in [0.15, 0.2) is 9.84 Å². The van der Waals surface area contributed by atoms with E-state index >= 15 is 0 Å². The molecular weight excluding hydrogens is 318 g/mol. The van der Waals surface area contributed by atoms with Crippen molar-refractivity contribution in [3.63, 3.8) is 0 Å². The average Bonchev–Trinajstić information content (AvgIpc) is 2.35. The number of hydrogen-bond donors (Lipinski definition) is 1. The van der Waals surface area contributed by atoms with Crippen molar-refractivity contribution in [3.05, 3.63) is 28.3 Å². The van der Waals surface area contributed by atoms with Gasteiger partial charge >= 0.3 is 0 Å². The Kier molecular flexibility index (Phi) is 5.76. The van der Waals surface area contributed by atoms with Gasteiger partial charge in [-0.25, -0.2) is 8.42 Å². The Hall–Kier alpha value is -1.67. The number of hydrogen-bond acceptors (Lipinski definition) is 6. The average molecular weight is 343 g/mol. The normalized spacial score (nSPS) is 13.9. The van der Waals surface area contributed by atoms with E-state index in [2.05, 4.69) is 24.1 Å². The highest BCUT2D eigenvalue weighted by molar-refractivity contribution is 7.90. The molecule has 0 saturated heterocycles. The molecule has 0 fully saturated rings. The van der Waals surface area contributed by atoms with Crippen LogP contribution in [-0.4, -0.2) is 51.2 Å². The van der Waals surface area contributed by atoms with Crippen LogP contribution < -0.4 is 5.32 Å². The molecule has 0 aliphatic carbocycles. The summed E-state index contributed by atoms with van der Waals surface area (Å²) in [5, 5.41) is 14.4. The van der Waals surface area contributed by atoms with Crippen LogP contribution in [0.3, 0.4) is 0 Å². The van der Waals surface area contributed by atoms with E-state index in [0.717, 1.165) is 18.9 Å². The van der Waals surface area contributed by atoms with Gasteiger partial charge in [-0.05, 0) is 38.6 Å². The maximum Gasteiger partial charge on any atom is 0.293 e. The minimum atomic E-state index is -3.49. The number of benzene rings is 1. The van der Waals surface area contributed by atoms with Crippen LogP contribution in [0.4, 0.5) is 11.4 Å². The highest BCUT2D eigenvalue weighted by atomic mass is 32.2. The SMILES string of the molecule is C[C@H](Nc1ccc(S(C)(=O)=O)cc1[N+](=O)[O-])C(C)(C)CN(C)C. The van der Waals surface area contributed by atoms with Crippen molar-refractivity contribution in [2.24, 2.45) is 5.41 Å². The fraction of sp³-hybridized carbons (Fsp3) is 0.600. The van der Waals surface area contributed by atoms with E-state index in [4.69, 9.17) is 0 Å². The van der Waals surface area contributed by atoms with Crippen LogP contribution in [0.5, 0.6) is 0 Å². The van der Waals surface area contributed by atoms with Gasteiger partial charge in [-0.1, -0.05) is 13.8 Å². The molecule has 0 aromatic heterocycles. The molecule has 0 unspecified atom stereocenters. The van der Waals surface area contributed by atoms with E-state index in [0.29, 0.717) is 5.69 Å². The van der Waals surface area contributed by atoms with Crippen LogP contribution in [0.15, 0.2) is 23.1 Å². The van der Waals surface area contributed by atoms with Crippen molar-refractivity contribution < 1.29 is 13.3 Å². The van der Waals surface area contributed by atoms with Gasteiger partial charge in [0.25, 0.3) is 5.69 Å². The summed E-state index contributed by atoms with van der Waals surface area (Å²) in [4.78, 5) is 12.7. The van der Waals surface area contributed by atoms with Gasteiger partial charge in [0.1, 0.15) is 5.69 Å². The lowest BCUT2D eigenvalue weighted by atomic mass is 9.84. The van der Waals surface area contributed by atoms with Gasteiger partial charge in [-0.3, -0.25) is 10.1 Å². The Labute approximate surface area is 137 Å². The number of anilines is 1. The van der Waals surface area contributed by atoms with Crippen LogP contribution in [0.2, 0.25) is 0 Å². The van der Waals surface area contributed by atoms with Crippen molar-refractivity contribution in [2.75, 3.05) is 32.2 Å². The highest BCUT2D eigenvalue weighted by Crippen LogP contribution is 2.31. The van der Waals surface area contributed by atoms with Crippen molar-refractivity contribution in [1.82, 2.24) is 4.90 Å². The Morgan fingerprint density at radius 3 is 2.35 bits per heavy atom. The smallest absolute Gasteiger partial charge is 0.293 e. The first-order valence-electron chi connectivity index (χ1n) is 7.24. The summed E-state index contributed by atoms with van der Waals surface area (Å²) in [7, 11) is 0.453. The maximum atomic E-state index is 11.6. The van der Waals surface area contributed by atoms with Gasteiger partial charge in [-0.15, -0.1) is 0 Å². The monoisotopic (exact) mass is 343 g/mol. The van der Waals surface area contributed by atoms with E-state index in [9.17, 15) is 18.5 Å². The summed E-state index contributed by atoms with van der Waals surface area (Å²) in [5.74, 6) is 0. The first kappa shape index (κ1) is 19.4. The molecule has 0 aliphatic heterocycles. The molecule has 0 heterocycles. The van der Waals surface area contributed by atoms with Gasteiger partial charge in [0.2, 0.25) is 0 Å².